The molecule has 1 aliphatic carbocycles. The summed E-state index contributed by atoms with van der Waals surface area (Å²) in [5.41, 5.74) is 2.18. The molecule has 2 nitrogen and oxygen atoms in total. The van der Waals surface area contributed by atoms with Gasteiger partial charge in [-0.3, -0.25) is 4.79 Å². The number of carbonyl (C=O) groups is 1. The van der Waals surface area contributed by atoms with Crippen LogP contribution in [0.2, 0.25) is 0 Å². The molecule has 1 N–H and O–H groups in total. The van der Waals surface area contributed by atoms with Gasteiger partial charge in [-0.2, -0.15) is 0 Å². The molecule has 0 radical (unpaired) electrons. The number of hydrogen-bond donors (Lipinski definition) is 1. The monoisotopic (exact) mass is 293 g/mol. The Hall–Kier alpha value is -2.09. The van der Waals surface area contributed by atoms with E-state index in [9.17, 15) is 4.79 Å². The lowest BCUT2D eigenvalue weighted by atomic mass is 9.71. The van der Waals surface area contributed by atoms with Gasteiger partial charge in [0.2, 0.25) is 5.91 Å². The molecule has 0 aromatic heterocycles. The third kappa shape index (κ3) is 2.78. The van der Waals surface area contributed by atoms with Crippen molar-refractivity contribution in [3.63, 3.8) is 0 Å². The third-order valence-electron chi connectivity index (χ3n) is 4.82. The minimum atomic E-state index is -0.152. The van der Waals surface area contributed by atoms with E-state index in [1.54, 1.807) is 0 Å². The van der Waals surface area contributed by atoms with E-state index in [4.69, 9.17) is 0 Å². The molecule has 2 aromatic carbocycles. The first-order valence-electron chi connectivity index (χ1n) is 8.18. The smallest absolute Gasteiger partial charge is 0.228 e. The topological polar surface area (TPSA) is 29.1 Å². The minimum absolute atomic E-state index is 0.0672. The van der Waals surface area contributed by atoms with Gasteiger partial charge < -0.3 is 5.32 Å². The third-order valence-corrected chi connectivity index (χ3v) is 4.82. The zero-order valence-electron chi connectivity index (χ0n) is 13.1. The molecular weight excluding hydrogens is 270 g/mol. The molecule has 0 aliphatic heterocycles. The largest absolute Gasteiger partial charge is 0.346 e. The lowest BCUT2D eigenvalue weighted by Gasteiger charge is -2.44. The van der Waals surface area contributed by atoms with Gasteiger partial charge in [-0.1, -0.05) is 67.6 Å². The Bertz CT molecular complexity index is 617. The van der Waals surface area contributed by atoms with Gasteiger partial charge >= 0.3 is 0 Å². The van der Waals surface area contributed by atoms with Gasteiger partial charge in [0.15, 0.2) is 0 Å². The molecule has 2 aromatic rings. The van der Waals surface area contributed by atoms with Crippen molar-refractivity contribution in [3.05, 3.63) is 71.8 Å². The van der Waals surface area contributed by atoms with Crippen molar-refractivity contribution in [2.45, 2.75) is 44.1 Å². The number of nitrogens with one attached hydrogen (secondary N) is 1. The molecule has 1 fully saturated rings. The number of benzene rings is 2. The van der Waals surface area contributed by atoms with Crippen LogP contribution in [0.1, 0.15) is 49.7 Å². The van der Waals surface area contributed by atoms with Crippen LogP contribution < -0.4 is 5.32 Å². The maximum Gasteiger partial charge on any atom is 0.228 e. The normalized spacial score (nSPS) is 17.3. The SMILES string of the molecule is CCC(C(=O)NC1(c2ccccc2)CCC1)c1ccccc1. The van der Waals surface area contributed by atoms with Crippen molar-refractivity contribution in [2.75, 3.05) is 0 Å². The average Bonchev–Trinajstić information content (AvgIpc) is 2.53. The maximum absolute atomic E-state index is 12.8. The number of amides is 1. The second-order valence-corrected chi connectivity index (χ2v) is 6.16. The summed E-state index contributed by atoms with van der Waals surface area (Å²) >= 11 is 0. The van der Waals surface area contributed by atoms with Crippen molar-refractivity contribution < 1.29 is 4.79 Å². The first-order chi connectivity index (χ1) is 10.7. The molecule has 1 atom stereocenters. The molecule has 1 saturated carbocycles. The second kappa shape index (κ2) is 6.35. The van der Waals surface area contributed by atoms with Crippen LogP contribution in [0.3, 0.4) is 0 Å². The van der Waals surface area contributed by atoms with Crippen LogP contribution in [-0.4, -0.2) is 5.91 Å². The summed E-state index contributed by atoms with van der Waals surface area (Å²) in [5.74, 6) is 0.0830. The Morgan fingerprint density at radius 2 is 1.64 bits per heavy atom. The van der Waals surface area contributed by atoms with E-state index in [0.29, 0.717) is 0 Å². The Morgan fingerprint density at radius 1 is 1.05 bits per heavy atom. The van der Waals surface area contributed by atoms with E-state index in [0.717, 1.165) is 24.8 Å². The quantitative estimate of drug-likeness (QED) is 0.871. The first-order valence-corrected chi connectivity index (χ1v) is 8.18. The summed E-state index contributed by atoms with van der Waals surface area (Å²) in [6, 6.07) is 20.5. The summed E-state index contributed by atoms with van der Waals surface area (Å²) in [6.07, 6.45) is 4.07. The van der Waals surface area contributed by atoms with Gasteiger partial charge in [-0.15, -0.1) is 0 Å². The molecule has 2 heteroatoms. The highest BCUT2D eigenvalue weighted by Gasteiger charge is 2.40. The van der Waals surface area contributed by atoms with Crippen LogP contribution in [-0.2, 0) is 10.3 Å². The summed E-state index contributed by atoms with van der Waals surface area (Å²) in [7, 11) is 0. The zero-order chi connectivity index (χ0) is 15.4. The molecule has 1 aliphatic rings. The number of hydrogen-bond acceptors (Lipinski definition) is 1. The van der Waals surface area contributed by atoms with E-state index in [1.807, 2.05) is 36.4 Å². The van der Waals surface area contributed by atoms with Crippen LogP contribution in [0.5, 0.6) is 0 Å². The van der Waals surface area contributed by atoms with Gasteiger partial charge in [0.25, 0.3) is 0 Å². The van der Waals surface area contributed by atoms with Crippen molar-refractivity contribution >= 4 is 5.91 Å². The molecule has 0 saturated heterocycles. The van der Waals surface area contributed by atoms with Gasteiger partial charge in [0.05, 0.1) is 11.5 Å². The highest BCUT2D eigenvalue weighted by molar-refractivity contribution is 5.84. The summed E-state index contributed by atoms with van der Waals surface area (Å²) < 4.78 is 0. The van der Waals surface area contributed by atoms with E-state index in [-0.39, 0.29) is 17.4 Å². The predicted octanol–water partition coefficient (Wildman–Crippen LogP) is 4.38. The Labute approximate surface area is 132 Å². The standard InChI is InChI=1S/C20H23NO/c1-2-18(16-10-5-3-6-11-16)19(22)21-20(14-9-15-20)17-12-7-4-8-13-17/h3-8,10-13,18H,2,9,14-15H2,1H3,(H,21,22). The Balaban J connectivity index is 1.80. The van der Waals surface area contributed by atoms with Gasteiger partial charge in [-0.25, -0.2) is 0 Å². The molecule has 3 rings (SSSR count). The molecule has 1 amide bonds. The van der Waals surface area contributed by atoms with Gasteiger partial charge in [0.1, 0.15) is 0 Å². The first kappa shape index (κ1) is 14.8. The van der Waals surface area contributed by atoms with Crippen LogP contribution >= 0.6 is 0 Å². The highest BCUT2D eigenvalue weighted by atomic mass is 16.2. The van der Waals surface area contributed by atoms with E-state index in [1.165, 1.54) is 12.0 Å². The average molecular weight is 293 g/mol. The van der Waals surface area contributed by atoms with Gasteiger partial charge in [0, 0.05) is 0 Å². The number of carbonyl (C=O) groups excluding carboxylic acids is 1. The molecule has 22 heavy (non-hydrogen) atoms. The summed E-state index contributed by atoms with van der Waals surface area (Å²) in [6.45, 7) is 2.08. The zero-order valence-corrected chi connectivity index (χ0v) is 13.1. The predicted molar refractivity (Wildman–Crippen MR) is 89.6 cm³/mol. The lowest BCUT2D eigenvalue weighted by Crippen LogP contribution is -2.52. The molecular formula is C20H23NO. The Morgan fingerprint density at radius 3 is 2.14 bits per heavy atom. The fourth-order valence-electron chi connectivity index (χ4n) is 3.35. The van der Waals surface area contributed by atoms with Crippen molar-refractivity contribution in [3.8, 4) is 0 Å². The number of rotatable bonds is 5. The molecule has 1 unspecified atom stereocenters. The second-order valence-electron chi connectivity index (χ2n) is 6.16. The van der Waals surface area contributed by atoms with E-state index in [2.05, 4.69) is 36.5 Å². The van der Waals surface area contributed by atoms with Gasteiger partial charge in [-0.05, 0) is 36.8 Å². The van der Waals surface area contributed by atoms with Crippen molar-refractivity contribution in [1.82, 2.24) is 5.32 Å². The fraction of sp³-hybridized carbons (Fsp3) is 0.350. The summed E-state index contributed by atoms with van der Waals surface area (Å²) in [5, 5.41) is 3.36. The Kier molecular flexibility index (Phi) is 4.28. The minimum Gasteiger partial charge on any atom is -0.346 e. The van der Waals surface area contributed by atoms with Crippen LogP contribution in [0, 0.1) is 0 Å². The van der Waals surface area contributed by atoms with Crippen molar-refractivity contribution in [2.24, 2.45) is 0 Å². The maximum atomic E-state index is 12.8. The molecule has 0 spiro atoms. The van der Waals surface area contributed by atoms with Crippen molar-refractivity contribution in [1.29, 1.82) is 0 Å². The summed E-state index contributed by atoms with van der Waals surface area (Å²) in [4.78, 5) is 12.8. The van der Waals surface area contributed by atoms with Crippen LogP contribution in [0.15, 0.2) is 60.7 Å². The van der Waals surface area contributed by atoms with E-state index >= 15 is 0 Å². The molecule has 0 bridgehead atoms. The molecule has 114 valence electrons. The lowest BCUT2D eigenvalue weighted by molar-refractivity contribution is -0.126. The van der Waals surface area contributed by atoms with Crippen LogP contribution in [0.25, 0.3) is 0 Å². The highest BCUT2D eigenvalue weighted by Crippen LogP contribution is 2.41. The van der Waals surface area contributed by atoms with Crippen LogP contribution in [0.4, 0.5) is 0 Å². The fourth-order valence-corrected chi connectivity index (χ4v) is 3.35. The molecule has 0 heterocycles. The van der Waals surface area contributed by atoms with E-state index < -0.39 is 0 Å².